The summed E-state index contributed by atoms with van der Waals surface area (Å²) in [5.41, 5.74) is 2.05. The Morgan fingerprint density at radius 1 is 1.27 bits per heavy atom. The fourth-order valence-electron chi connectivity index (χ4n) is 2.78. The van der Waals surface area contributed by atoms with Crippen LogP contribution in [0.1, 0.15) is 37.3 Å². The molecule has 6 nitrogen and oxygen atoms in total. The molecule has 156 valence electrons. The summed E-state index contributed by atoms with van der Waals surface area (Å²) in [7, 11) is 0. The summed E-state index contributed by atoms with van der Waals surface area (Å²) in [5.74, 6) is -0.251. The number of nitrogens with one attached hydrogen (secondary N) is 1. The molecule has 2 aromatic rings. The van der Waals surface area contributed by atoms with Crippen molar-refractivity contribution in [2.75, 3.05) is 11.9 Å². The van der Waals surface area contributed by atoms with E-state index in [0.29, 0.717) is 27.3 Å². The van der Waals surface area contributed by atoms with E-state index < -0.39 is 0 Å². The van der Waals surface area contributed by atoms with Crippen LogP contribution in [0.3, 0.4) is 0 Å². The Kier molecular flexibility index (Phi) is 7.89. The highest BCUT2D eigenvalue weighted by Gasteiger charge is 2.31. The number of thioether (sulfide) groups is 1. The van der Waals surface area contributed by atoms with Crippen LogP contribution in [0.4, 0.5) is 5.13 Å². The van der Waals surface area contributed by atoms with E-state index in [-0.39, 0.29) is 18.2 Å². The molecule has 9 heteroatoms. The predicted molar refractivity (Wildman–Crippen MR) is 127 cm³/mol. The molecule has 1 saturated heterocycles. The number of aromatic nitrogens is 2. The fraction of sp³-hybridized carbons (Fsp3) is 0.286. The van der Waals surface area contributed by atoms with E-state index in [1.54, 1.807) is 4.90 Å². The first-order chi connectivity index (χ1) is 14.5. The number of amides is 2. The van der Waals surface area contributed by atoms with Crippen LogP contribution < -0.4 is 5.32 Å². The number of carbonyl (C=O) groups excluding carboxylic acids is 2. The molecule has 0 atom stereocenters. The quantitative estimate of drug-likeness (QED) is 0.458. The molecule has 1 N–H and O–H groups in total. The number of nitrogens with zero attached hydrogens (tertiary/aromatic N) is 3. The first-order valence-corrected chi connectivity index (χ1v) is 11.6. The van der Waals surface area contributed by atoms with Crippen LogP contribution in [-0.2, 0) is 16.0 Å². The monoisotopic (exact) mass is 458 g/mol. The van der Waals surface area contributed by atoms with Crippen molar-refractivity contribution in [3.63, 3.8) is 0 Å². The van der Waals surface area contributed by atoms with Crippen molar-refractivity contribution in [3.05, 3.63) is 57.5 Å². The van der Waals surface area contributed by atoms with Crippen molar-refractivity contribution in [2.24, 2.45) is 0 Å². The van der Waals surface area contributed by atoms with Gasteiger partial charge in [0.2, 0.25) is 11.0 Å². The van der Waals surface area contributed by atoms with Gasteiger partial charge in [-0.25, -0.2) is 0 Å². The van der Waals surface area contributed by atoms with Gasteiger partial charge in [0, 0.05) is 13.0 Å². The van der Waals surface area contributed by atoms with Crippen molar-refractivity contribution in [2.45, 2.75) is 33.1 Å². The van der Waals surface area contributed by atoms with Crippen LogP contribution in [0, 0.1) is 0 Å². The molecule has 1 aliphatic heterocycles. The predicted octanol–water partition coefficient (Wildman–Crippen LogP) is 4.67. The normalized spacial score (nSPS) is 15.9. The molecule has 0 saturated carbocycles. The summed E-state index contributed by atoms with van der Waals surface area (Å²) in [6.07, 6.45) is 5.47. The van der Waals surface area contributed by atoms with Gasteiger partial charge in [0.15, 0.2) is 0 Å². The summed E-state index contributed by atoms with van der Waals surface area (Å²) in [6, 6.07) is 9.94. The molecule has 0 aliphatic carbocycles. The van der Waals surface area contributed by atoms with Crippen molar-refractivity contribution in [1.29, 1.82) is 0 Å². The van der Waals surface area contributed by atoms with Gasteiger partial charge in [-0.05, 0) is 37.0 Å². The van der Waals surface area contributed by atoms with E-state index in [1.165, 1.54) is 23.1 Å². The lowest BCUT2D eigenvalue weighted by Gasteiger charge is -2.13. The van der Waals surface area contributed by atoms with Gasteiger partial charge in [-0.3, -0.25) is 14.5 Å². The van der Waals surface area contributed by atoms with Crippen LogP contribution in [0.2, 0.25) is 0 Å². The van der Waals surface area contributed by atoms with E-state index in [0.717, 1.165) is 22.6 Å². The lowest BCUT2D eigenvalue weighted by atomic mass is 10.1. The number of hydrogen-bond acceptors (Lipinski definition) is 7. The number of rotatable bonds is 8. The topological polar surface area (TPSA) is 75.2 Å². The third-order valence-electron chi connectivity index (χ3n) is 4.23. The maximum Gasteiger partial charge on any atom is 0.266 e. The molecule has 0 bridgehead atoms. The van der Waals surface area contributed by atoms with Crippen LogP contribution in [0.25, 0.3) is 6.08 Å². The molecule has 0 unspecified atom stereocenters. The van der Waals surface area contributed by atoms with E-state index >= 15 is 0 Å². The Bertz CT molecular complexity index is 999. The molecule has 3 rings (SSSR count). The Hall–Kier alpha value is -2.36. The molecule has 1 aromatic carbocycles. The molecule has 2 amide bonds. The number of anilines is 1. The second kappa shape index (κ2) is 10.6. The Morgan fingerprint density at radius 2 is 2.03 bits per heavy atom. The highest BCUT2D eigenvalue weighted by Crippen LogP contribution is 2.32. The summed E-state index contributed by atoms with van der Waals surface area (Å²) in [5, 5.41) is 12.1. The summed E-state index contributed by atoms with van der Waals surface area (Å²) >= 11 is 8.04. The summed E-state index contributed by atoms with van der Waals surface area (Å²) in [6.45, 7) is 4.36. The van der Waals surface area contributed by atoms with Gasteiger partial charge < -0.3 is 5.32 Å². The highest BCUT2D eigenvalue weighted by molar-refractivity contribution is 8.26. The molecular weight excluding hydrogens is 436 g/mol. The number of hydrogen-bond donors (Lipinski definition) is 1. The zero-order valence-corrected chi connectivity index (χ0v) is 19.2. The minimum Gasteiger partial charge on any atom is -0.301 e. The molecular formula is C21H22N4O2S3. The Balaban J connectivity index is 1.52. The van der Waals surface area contributed by atoms with Gasteiger partial charge in [0.1, 0.15) is 9.33 Å². The lowest BCUT2D eigenvalue weighted by Crippen LogP contribution is -2.29. The van der Waals surface area contributed by atoms with E-state index in [4.69, 9.17) is 12.2 Å². The smallest absolute Gasteiger partial charge is 0.266 e. The van der Waals surface area contributed by atoms with Gasteiger partial charge in [-0.2, -0.15) is 0 Å². The first kappa shape index (κ1) is 22.3. The second-order valence-corrected chi connectivity index (χ2v) is 9.38. The van der Waals surface area contributed by atoms with Crippen molar-refractivity contribution in [3.8, 4) is 0 Å². The van der Waals surface area contributed by atoms with Crippen LogP contribution in [0.5, 0.6) is 0 Å². The third kappa shape index (κ3) is 6.07. The van der Waals surface area contributed by atoms with Gasteiger partial charge >= 0.3 is 0 Å². The van der Waals surface area contributed by atoms with Crippen molar-refractivity contribution in [1.82, 2.24) is 15.1 Å². The van der Waals surface area contributed by atoms with E-state index in [9.17, 15) is 9.59 Å². The number of thiocarbonyl (C=S) groups is 1. The maximum absolute atomic E-state index is 12.7. The van der Waals surface area contributed by atoms with Crippen molar-refractivity contribution < 1.29 is 9.59 Å². The fourth-order valence-corrected chi connectivity index (χ4v) is 4.83. The number of allylic oxidation sites excluding steroid dienone is 2. The van der Waals surface area contributed by atoms with E-state index in [1.807, 2.05) is 56.3 Å². The minimum absolute atomic E-state index is 0.108. The van der Waals surface area contributed by atoms with Crippen LogP contribution >= 0.6 is 35.3 Å². The first-order valence-electron chi connectivity index (χ1n) is 9.57. The average Bonchev–Trinajstić information content (AvgIpc) is 3.28. The average molecular weight is 459 g/mol. The molecule has 1 fully saturated rings. The molecule has 0 spiro atoms. The molecule has 2 heterocycles. The standard InChI is InChI=1S/C21H22N4O2S3/c1-3-18-23-24-20(30-18)22-17(26)10-7-11-25-19(27)16(29-21(25)28)13-14(2)12-15-8-5-4-6-9-15/h4-6,8-9,12-13H,3,7,10-11H2,1-2H3,(H,22,24,26). The zero-order valence-electron chi connectivity index (χ0n) is 16.8. The molecule has 0 radical (unpaired) electrons. The van der Waals surface area contributed by atoms with Gasteiger partial charge in [-0.1, -0.05) is 78.6 Å². The number of carbonyl (C=O) groups is 2. The summed E-state index contributed by atoms with van der Waals surface area (Å²) < 4.78 is 0.524. The number of benzene rings is 1. The highest BCUT2D eigenvalue weighted by atomic mass is 32.2. The van der Waals surface area contributed by atoms with Gasteiger partial charge in [-0.15, -0.1) is 10.2 Å². The second-order valence-electron chi connectivity index (χ2n) is 6.64. The SMILES string of the molecule is CCc1nnc(NC(=O)CCCN2C(=O)C(=CC(C)=Cc3ccccc3)SC2=S)s1. The van der Waals surface area contributed by atoms with Crippen molar-refractivity contribution >= 4 is 62.7 Å². The zero-order chi connectivity index (χ0) is 21.5. The third-order valence-corrected chi connectivity index (χ3v) is 6.59. The van der Waals surface area contributed by atoms with Crippen LogP contribution in [-0.4, -0.2) is 37.8 Å². The number of aryl methyl sites for hydroxylation is 1. The minimum atomic E-state index is -0.142. The maximum atomic E-state index is 12.7. The van der Waals surface area contributed by atoms with E-state index in [2.05, 4.69) is 15.5 Å². The molecule has 1 aliphatic rings. The Morgan fingerprint density at radius 3 is 2.73 bits per heavy atom. The molecule has 1 aromatic heterocycles. The molecule has 30 heavy (non-hydrogen) atoms. The van der Waals surface area contributed by atoms with Crippen LogP contribution in [0.15, 0.2) is 46.9 Å². The largest absolute Gasteiger partial charge is 0.301 e. The summed E-state index contributed by atoms with van der Waals surface area (Å²) in [4.78, 5) is 27.0. The van der Waals surface area contributed by atoms with Gasteiger partial charge in [0.05, 0.1) is 4.91 Å². The van der Waals surface area contributed by atoms with Gasteiger partial charge in [0.25, 0.3) is 5.91 Å². The Labute approximate surface area is 189 Å². The lowest BCUT2D eigenvalue weighted by molar-refractivity contribution is -0.122.